The zero-order valence-corrected chi connectivity index (χ0v) is 18.7. The molecule has 0 unspecified atom stereocenters. The van der Waals surface area contributed by atoms with Crippen LogP contribution in [0.4, 0.5) is 11.4 Å². The van der Waals surface area contributed by atoms with Crippen LogP contribution in [0.25, 0.3) is 0 Å². The van der Waals surface area contributed by atoms with E-state index in [0.717, 1.165) is 17.7 Å². The van der Waals surface area contributed by atoms with E-state index in [2.05, 4.69) is 86.9 Å². The minimum absolute atomic E-state index is 0.0882. The molecule has 2 N–H and O–H groups in total. The summed E-state index contributed by atoms with van der Waals surface area (Å²) in [5.74, 6) is 1.51. The summed E-state index contributed by atoms with van der Waals surface area (Å²) in [6, 6.07) is 20.9. The predicted octanol–water partition coefficient (Wildman–Crippen LogP) is 6.74. The molecule has 156 valence electrons. The summed E-state index contributed by atoms with van der Waals surface area (Å²) in [6.07, 6.45) is 7.54. The molecule has 0 radical (unpaired) electrons. The van der Waals surface area contributed by atoms with Gasteiger partial charge in [0.25, 0.3) is 0 Å². The van der Waals surface area contributed by atoms with Gasteiger partial charge in [0, 0.05) is 17.8 Å². The molecule has 3 aromatic rings. The lowest BCUT2D eigenvalue weighted by atomic mass is 9.77. The molecule has 0 fully saturated rings. The van der Waals surface area contributed by atoms with Crippen LogP contribution in [0.2, 0.25) is 0 Å². The maximum absolute atomic E-state index is 9.96. The van der Waals surface area contributed by atoms with E-state index in [9.17, 15) is 5.11 Å². The first kappa shape index (κ1) is 19.9. The number of phenols is 1. The van der Waals surface area contributed by atoms with Crippen LogP contribution >= 0.6 is 15.9 Å². The monoisotopic (exact) mass is 474 g/mol. The van der Waals surface area contributed by atoms with Crippen molar-refractivity contribution in [2.24, 2.45) is 10.9 Å². The van der Waals surface area contributed by atoms with Crippen LogP contribution < -0.4 is 10.1 Å². The van der Waals surface area contributed by atoms with Crippen molar-refractivity contribution in [3.8, 4) is 11.5 Å². The highest BCUT2D eigenvalue weighted by atomic mass is 79.9. The Morgan fingerprint density at radius 2 is 1.94 bits per heavy atom. The van der Waals surface area contributed by atoms with Crippen molar-refractivity contribution < 1.29 is 9.84 Å². The number of fused-ring (bicyclic) bond motifs is 3. The SMILES string of the molecule is COc1cc(C=Nc2ccc([C@@H]3Nc4ccccc4[C@@H]4C=CC[C@@H]43)cc2)cc(Br)c1O. The van der Waals surface area contributed by atoms with E-state index >= 15 is 0 Å². The molecule has 0 saturated heterocycles. The van der Waals surface area contributed by atoms with Crippen molar-refractivity contribution in [1.82, 2.24) is 0 Å². The number of nitrogens with one attached hydrogen (secondary N) is 1. The second-order valence-corrected chi connectivity index (χ2v) is 8.82. The smallest absolute Gasteiger partial charge is 0.172 e. The van der Waals surface area contributed by atoms with Crippen LogP contribution in [-0.4, -0.2) is 18.4 Å². The average molecular weight is 475 g/mol. The molecule has 3 atom stereocenters. The maximum atomic E-state index is 9.96. The number of nitrogens with zero attached hydrogens (tertiary/aromatic N) is 1. The Labute approximate surface area is 190 Å². The molecule has 31 heavy (non-hydrogen) atoms. The van der Waals surface area contributed by atoms with Crippen LogP contribution in [0, 0.1) is 5.92 Å². The van der Waals surface area contributed by atoms with Gasteiger partial charge in [0.2, 0.25) is 0 Å². The number of halogens is 1. The van der Waals surface area contributed by atoms with Crippen LogP contribution in [0.1, 0.15) is 35.1 Å². The molecular formula is C26H23BrN2O2. The Hall–Kier alpha value is -3.05. The Morgan fingerprint density at radius 1 is 1.13 bits per heavy atom. The number of hydrogen-bond donors (Lipinski definition) is 2. The Morgan fingerprint density at radius 3 is 2.74 bits per heavy atom. The van der Waals surface area contributed by atoms with E-state index in [1.807, 2.05) is 6.07 Å². The van der Waals surface area contributed by atoms with Crippen LogP contribution in [-0.2, 0) is 0 Å². The van der Waals surface area contributed by atoms with E-state index in [1.165, 1.54) is 23.9 Å². The topological polar surface area (TPSA) is 53.8 Å². The largest absolute Gasteiger partial charge is 0.503 e. The number of anilines is 1. The Kier molecular flexibility index (Phi) is 5.28. The molecule has 0 amide bonds. The lowest BCUT2D eigenvalue weighted by Gasteiger charge is -2.37. The van der Waals surface area contributed by atoms with E-state index in [4.69, 9.17) is 4.74 Å². The predicted molar refractivity (Wildman–Crippen MR) is 129 cm³/mol. The van der Waals surface area contributed by atoms with Crippen molar-refractivity contribution >= 4 is 33.5 Å². The maximum Gasteiger partial charge on any atom is 0.172 e. The molecule has 5 rings (SSSR count). The zero-order chi connectivity index (χ0) is 21.4. The van der Waals surface area contributed by atoms with Crippen molar-refractivity contribution in [3.63, 3.8) is 0 Å². The van der Waals surface area contributed by atoms with Crippen molar-refractivity contribution in [2.75, 3.05) is 12.4 Å². The molecule has 2 aliphatic rings. The van der Waals surface area contributed by atoms with E-state index < -0.39 is 0 Å². The van der Waals surface area contributed by atoms with Crippen molar-refractivity contribution in [3.05, 3.63) is 94.0 Å². The third-order valence-electron chi connectivity index (χ3n) is 6.16. The quantitative estimate of drug-likeness (QED) is 0.325. The van der Waals surface area contributed by atoms with Gasteiger partial charge in [-0.15, -0.1) is 0 Å². The molecule has 5 heteroatoms. The minimum atomic E-state index is 0.0882. The summed E-state index contributed by atoms with van der Waals surface area (Å²) in [5, 5.41) is 13.7. The van der Waals surface area contributed by atoms with Crippen LogP contribution in [0.5, 0.6) is 11.5 Å². The molecule has 1 aliphatic carbocycles. The van der Waals surface area contributed by atoms with Crippen molar-refractivity contribution in [1.29, 1.82) is 0 Å². The number of methoxy groups -OCH3 is 1. The van der Waals surface area contributed by atoms with Gasteiger partial charge >= 0.3 is 0 Å². The van der Waals surface area contributed by atoms with Gasteiger partial charge in [-0.05, 0) is 75.3 Å². The lowest BCUT2D eigenvalue weighted by molar-refractivity contribution is 0.372. The molecular weight excluding hydrogens is 452 g/mol. The summed E-state index contributed by atoms with van der Waals surface area (Å²) in [5.41, 5.74) is 5.63. The number of para-hydroxylation sites is 1. The second kappa shape index (κ2) is 8.23. The number of phenolic OH excluding ortho intramolecular Hbond substituents is 1. The fourth-order valence-corrected chi connectivity index (χ4v) is 5.07. The third kappa shape index (κ3) is 3.74. The average Bonchev–Trinajstić information content (AvgIpc) is 3.30. The van der Waals surface area contributed by atoms with E-state index in [-0.39, 0.29) is 11.8 Å². The van der Waals surface area contributed by atoms with E-state index in [1.54, 1.807) is 12.3 Å². The minimum Gasteiger partial charge on any atom is -0.503 e. The van der Waals surface area contributed by atoms with Crippen LogP contribution in [0.15, 0.2) is 82.3 Å². The number of hydrogen-bond acceptors (Lipinski definition) is 4. The van der Waals surface area contributed by atoms with Gasteiger partial charge in [0.15, 0.2) is 11.5 Å². The molecule has 4 nitrogen and oxygen atoms in total. The highest BCUT2D eigenvalue weighted by molar-refractivity contribution is 9.10. The summed E-state index contributed by atoms with van der Waals surface area (Å²) in [4.78, 5) is 4.60. The standard InChI is InChI=1S/C26H23BrN2O2/c1-31-24-14-16(13-22(27)26(24)30)15-28-18-11-9-17(10-12-18)25-21-7-4-6-19(21)20-5-2-3-8-23(20)29-25/h2-6,8-15,19,21,25,29-30H,7H2,1H3/t19-,21-,25-/m0/s1. The van der Waals surface area contributed by atoms with Crippen LogP contribution in [0.3, 0.4) is 0 Å². The summed E-state index contributed by atoms with van der Waals surface area (Å²) in [6.45, 7) is 0. The molecule has 0 bridgehead atoms. The number of aromatic hydroxyl groups is 1. The number of benzene rings is 3. The Bertz CT molecular complexity index is 1170. The second-order valence-electron chi connectivity index (χ2n) is 7.97. The number of aliphatic imine (C=N–C) groups is 1. The number of rotatable bonds is 4. The van der Waals surface area contributed by atoms with Gasteiger partial charge in [0.1, 0.15) is 0 Å². The molecule has 0 aromatic heterocycles. The molecule has 0 spiro atoms. The highest BCUT2D eigenvalue weighted by Crippen LogP contribution is 2.49. The zero-order valence-electron chi connectivity index (χ0n) is 17.1. The first-order valence-electron chi connectivity index (χ1n) is 10.4. The summed E-state index contributed by atoms with van der Waals surface area (Å²) < 4.78 is 5.78. The third-order valence-corrected chi connectivity index (χ3v) is 6.76. The Balaban J connectivity index is 1.37. The van der Waals surface area contributed by atoms with Crippen molar-refractivity contribution in [2.45, 2.75) is 18.4 Å². The van der Waals surface area contributed by atoms with Gasteiger partial charge in [-0.2, -0.15) is 0 Å². The van der Waals surface area contributed by atoms with Gasteiger partial charge in [0.05, 0.1) is 23.3 Å². The highest BCUT2D eigenvalue weighted by Gasteiger charge is 2.37. The first-order chi connectivity index (χ1) is 15.1. The van der Waals surface area contributed by atoms with E-state index in [0.29, 0.717) is 22.1 Å². The normalized spacial score (nSPS) is 21.5. The summed E-state index contributed by atoms with van der Waals surface area (Å²) in [7, 11) is 1.53. The number of ether oxygens (including phenoxy) is 1. The molecule has 1 heterocycles. The van der Waals surface area contributed by atoms with Gasteiger partial charge in [-0.3, -0.25) is 4.99 Å². The summed E-state index contributed by atoms with van der Waals surface area (Å²) >= 11 is 3.35. The van der Waals surface area contributed by atoms with Gasteiger partial charge in [-0.1, -0.05) is 42.5 Å². The van der Waals surface area contributed by atoms with Gasteiger partial charge < -0.3 is 15.2 Å². The molecule has 0 saturated carbocycles. The molecule has 3 aromatic carbocycles. The van der Waals surface area contributed by atoms with Gasteiger partial charge in [-0.25, -0.2) is 0 Å². The lowest BCUT2D eigenvalue weighted by Crippen LogP contribution is -2.28. The molecule has 1 aliphatic heterocycles. The fraction of sp³-hybridized carbons (Fsp3) is 0.192. The number of allylic oxidation sites excluding steroid dienone is 2. The first-order valence-corrected chi connectivity index (χ1v) is 11.2. The fourth-order valence-electron chi connectivity index (χ4n) is 4.61.